The first-order valence-electron chi connectivity index (χ1n) is 6.15. The molecule has 0 bridgehead atoms. The van der Waals surface area contributed by atoms with Gasteiger partial charge in [-0.3, -0.25) is 0 Å². The van der Waals surface area contributed by atoms with E-state index in [1.807, 2.05) is 49.3 Å². The van der Waals surface area contributed by atoms with Crippen LogP contribution in [0.4, 0.5) is 0 Å². The first-order valence-corrected chi connectivity index (χ1v) is 10.5. The molecule has 21 heavy (non-hydrogen) atoms. The third-order valence-electron chi connectivity index (χ3n) is 3.21. The molecule has 1 heterocycles. The molecule has 2 rings (SSSR count). The zero-order valence-electron chi connectivity index (χ0n) is 11.5. The van der Waals surface area contributed by atoms with E-state index in [1.165, 1.54) is 0 Å². The van der Waals surface area contributed by atoms with Gasteiger partial charge < -0.3 is 0 Å². The zero-order valence-corrected chi connectivity index (χ0v) is 14.1. The van der Waals surface area contributed by atoms with Crippen LogP contribution in [0.5, 0.6) is 0 Å². The quantitative estimate of drug-likeness (QED) is 0.390. The average Bonchev–Trinajstić information content (AvgIpc) is 2.41. The fraction of sp³-hybridized carbons (Fsp3) is 0.417. The second-order valence-electron chi connectivity index (χ2n) is 5.39. The van der Waals surface area contributed by atoms with Gasteiger partial charge in [-0.1, -0.05) is 0 Å². The van der Waals surface area contributed by atoms with Crippen molar-refractivity contribution in [2.45, 2.75) is 20.0 Å². The van der Waals surface area contributed by atoms with Crippen LogP contribution in [-0.4, -0.2) is 24.7 Å². The molecule has 1 N–H and O–H groups in total. The topological polar surface area (TPSA) is 85.2 Å². The van der Waals surface area contributed by atoms with E-state index in [0.717, 1.165) is 5.56 Å². The summed E-state index contributed by atoms with van der Waals surface area (Å²) in [6, 6.07) is 9.13. The van der Waals surface area contributed by atoms with Gasteiger partial charge in [-0.05, 0) is 0 Å². The molecule has 1 aromatic rings. The van der Waals surface area contributed by atoms with E-state index in [-0.39, 0.29) is 6.61 Å². The van der Waals surface area contributed by atoms with Gasteiger partial charge in [0.2, 0.25) is 0 Å². The molecular weight excluding hydrogens is 333 g/mol. The van der Waals surface area contributed by atoms with Gasteiger partial charge in [-0.15, -0.1) is 0 Å². The Morgan fingerprint density at radius 2 is 2.05 bits per heavy atom. The molecule has 116 valence electrons. The van der Waals surface area contributed by atoms with Gasteiger partial charge >= 0.3 is 129 Å². The van der Waals surface area contributed by atoms with Crippen LogP contribution in [0.1, 0.15) is 25.5 Å². The van der Waals surface area contributed by atoms with Gasteiger partial charge in [-0.25, -0.2) is 0 Å². The number of nitrogens with zero attached hydrogens (tertiary/aromatic N) is 1. The number of benzene rings is 1. The standard InChI is InChI=1S/C12H16NO5PS2/c1-12(2)8-17-19(13-9-20,21(14,15)16)18-11(12)10-6-4-3-5-7-10/h3-7,11,19H,8H2,1-2H3,(H,14,15,16). The van der Waals surface area contributed by atoms with Crippen LogP contribution >= 0.6 is 19.3 Å². The van der Waals surface area contributed by atoms with Crippen molar-refractivity contribution in [3.63, 3.8) is 0 Å². The van der Waals surface area contributed by atoms with Crippen LogP contribution < -0.4 is 0 Å². The number of isothiocyanates is 1. The maximum atomic E-state index is 11.7. The summed E-state index contributed by atoms with van der Waals surface area (Å²) in [5.41, 5.74) is 0.297. The predicted octanol–water partition coefficient (Wildman–Crippen LogP) is 3.20. The summed E-state index contributed by atoms with van der Waals surface area (Å²) >= 11 is 4.47. The fourth-order valence-corrected chi connectivity index (χ4v) is 6.43. The van der Waals surface area contributed by atoms with Crippen LogP contribution in [-0.2, 0) is 18.8 Å². The van der Waals surface area contributed by atoms with Crippen molar-refractivity contribution in [2.24, 2.45) is 10.2 Å². The second kappa shape index (κ2) is 5.82. The number of hydrogen-bond acceptors (Lipinski definition) is 6. The van der Waals surface area contributed by atoms with Gasteiger partial charge in [-0.2, -0.15) is 0 Å². The molecule has 9 heteroatoms. The third-order valence-corrected chi connectivity index (χ3v) is 8.42. The molecule has 0 spiro atoms. The van der Waals surface area contributed by atoms with E-state index in [1.54, 1.807) is 0 Å². The summed E-state index contributed by atoms with van der Waals surface area (Å²) in [6.07, 6.45) is -0.590. The van der Waals surface area contributed by atoms with Gasteiger partial charge in [0, 0.05) is 0 Å². The molecule has 6 nitrogen and oxygen atoms in total. The van der Waals surface area contributed by atoms with Gasteiger partial charge in [0.15, 0.2) is 0 Å². The Balaban J connectivity index is 2.51. The summed E-state index contributed by atoms with van der Waals surface area (Å²) in [4.78, 5) is 0. The first-order chi connectivity index (χ1) is 9.72. The number of hydrogen-bond donors (Lipinski definition) is 1. The van der Waals surface area contributed by atoms with Gasteiger partial charge in [0.05, 0.1) is 0 Å². The van der Waals surface area contributed by atoms with E-state index in [0.29, 0.717) is 0 Å². The summed E-state index contributed by atoms with van der Waals surface area (Å²) in [5, 5.41) is 1.97. The Kier molecular flexibility index (Phi) is 4.61. The number of thiocarbonyl (C=S) groups is 1. The molecule has 1 fully saturated rings. The predicted molar refractivity (Wildman–Crippen MR) is 84.9 cm³/mol. The fourth-order valence-electron chi connectivity index (χ4n) is 2.15. The van der Waals surface area contributed by atoms with Crippen molar-refractivity contribution >= 4 is 34.2 Å². The van der Waals surface area contributed by atoms with Crippen LogP contribution in [0.25, 0.3) is 0 Å². The molecule has 0 aromatic heterocycles. The molecule has 1 aliphatic rings. The Labute approximate surface area is 129 Å². The molecule has 1 aromatic carbocycles. The molecule has 1 unspecified atom stereocenters. The van der Waals surface area contributed by atoms with Crippen LogP contribution in [0.3, 0.4) is 0 Å². The minimum absolute atomic E-state index is 0.0685. The maximum absolute atomic E-state index is 11.7. The molecule has 1 atom stereocenters. The van der Waals surface area contributed by atoms with Crippen molar-refractivity contribution < 1.29 is 22.0 Å². The van der Waals surface area contributed by atoms with E-state index in [9.17, 15) is 13.0 Å². The molecule has 0 aliphatic carbocycles. The number of rotatable bonds is 3. The Morgan fingerprint density at radius 3 is 2.57 bits per heavy atom. The van der Waals surface area contributed by atoms with Crippen LogP contribution in [0, 0.1) is 5.41 Å². The minimum atomic E-state index is -4.64. The van der Waals surface area contributed by atoms with Gasteiger partial charge in [0.1, 0.15) is 0 Å². The van der Waals surface area contributed by atoms with Gasteiger partial charge in [0.25, 0.3) is 0 Å². The van der Waals surface area contributed by atoms with Crippen molar-refractivity contribution in [3.05, 3.63) is 35.9 Å². The average molecular weight is 349 g/mol. The Bertz CT molecular complexity index is 672. The first kappa shape index (κ1) is 16.6. The Morgan fingerprint density at radius 1 is 1.43 bits per heavy atom. The summed E-state index contributed by atoms with van der Waals surface area (Å²) < 4.78 is 47.3. The molecule has 0 amide bonds. The summed E-state index contributed by atoms with van der Waals surface area (Å²) in [7, 11) is -8.92. The molecule has 0 radical (unpaired) electrons. The summed E-state index contributed by atoms with van der Waals surface area (Å²) in [5.74, 6) is 0. The van der Waals surface area contributed by atoms with E-state index < -0.39 is 28.3 Å². The van der Waals surface area contributed by atoms with Crippen LogP contribution in [0.2, 0.25) is 0 Å². The monoisotopic (exact) mass is 349 g/mol. The molecule has 1 aliphatic heterocycles. The van der Waals surface area contributed by atoms with Crippen molar-refractivity contribution in [2.75, 3.05) is 6.61 Å². The van der Waals surface area contributed by atoms with Crippen LogP contribution in [0.15, 0.2) is 35.1 Å². The SMILES string of the molecule is CC1(C)CO[PH](N=C=S)(S(=O)(=O)O)OC1c1ccccc1. The van der Waals surface area contributed by atoms with E-state index >= 15 is 0 Å². The van der Waals surface area contributed by atoms with Crippen molar-refractivity contribution in [1.82, 2.24) is 0 Å². The zero-order chi connectivity index (χ0) is 15.7. The second-order valence-corrected chi connectivity index (χ2v) is 11.4. The Hall–Kier alpha value is -0.720. The van der Waals surface area contributed by atoms with E-state index in [4.69, 9.17) is 9.05 Å². The van der Waals surface area contributed by atoms with Crippen molar-refractivity contribution in [3.8, 4) is 0 Å². The molecular formula is C12H16NO5PS2. The normalized spacial score (nSPS) is 25.6. The van der Waals surface area contributed by atoms with E-state index in [2.05, 4.69) is 17.0 Å². The third kappa shape index (κ3) is 3.22. The molecule has 1 saturated heterocycles. The molecule has 0 saturated carbocycles. The summed E-state index contributed by atoms with van der Waals surface area (Å²) in [6.45, 7) is 3.83. The van der Waals surface area contributed by atoms with Crippen molar-refractivity contribution in [1.29, 1.82) is 0 Å².